The fourth-order valence-corrected chi connectivity index (χ4v) is 2.87. The van der Waals surface area contributed by atoms with Crippen molar-refractivity contribution < 1.29 is 4.79 Å². The Hall–Kier alpha value is -1.67. The van der Waals surface area contributed by atoms with Gasteiger partial charge >= 0.3 is 0 Å². The largest absolute Gasteiger partial charge is 0.296 e. The highest BCUT2D eigenvalue weighted by Gasteiger charge is 2.16. The Morgan fingerprint density at radius 3 is 2.53 bits per heavy atom. The predicted octanol–water partition coefficient (Wildman–Crippen LogP) is 3.51. The monoisotopic (exact) mass is 253 g/mol. The van der Waals surface area contributed by atoms with Crippen molar-refractivity contribution in [3.63, 3.8) is 0 Å². The van der Waals surface area contributed by atoms with Gasteiger partial charge in [0.2, 0.25) is 0 Å². The van der Waals surface area contributed by atoms with Gasteiger partial charge in [0.05, 0.1) is 6.54 Å². The van der Waals surface area contributed by atoms with Crippen molar-refractivity contribution in [2.45, 2.75) is 19.3 Å². The summed E-state index contributed by atoms with van der Waals surface area (Å²) in [5.74, 6) is 0.249. The van der Waals surface area contributed by atoms with Gasteiger partial charge in [0.15, 0.2) is 5.78 Å². The van der Waals surface area contributed by atoms with Crippen molar-refractivity contribution in [1.29, 1.82) is 0 Å². The summed E-state index contributed by atoms with van der Waals surface area (Å²) in [6.45, 7) is 2.70. The van der Waals surface area contributed by atoms with Gasteiger partial charge in [-0.3, -0.25) is 9.69 Å². The average molecular weight is 253 g/mol. The lowest BCUT2D eigenvalue weighted by Crippen LogP contribution is -2.34. The number of carbonyl (C=O) groups is 1. The van der Waals surface area contributed by atoms with E-state index in [1.54, 1.807) is 0 Å². The summed E-state index contributed by atoms with van der Waals surface area (Å²) in [5, 5.41) is 2.22. The van der Waals surface area contributed by atoms with E-state index in [4.69, 9.17) is 0 Å². The first kappa shape index (κ1) is 12.4. The summed E-state index contributed by atoms with van der Waals surface area (Å²) in [4.78, 5) is 14.8. The highest BCUT2D eigenvalue weighted by atomic mass is 16.1. The molecule has 1 fully saturated rings. The van der Waals surface area contributed by atoms with Crippen LogP contribution in [0.4, 0.5) is 0 Å². The van der Waals surface area contributed by atoms with Crippen LogP contribution < -0.4 is 0 Å². The SMILES string of the molecule is O=C(CN1CCCCC1)c1cccc2ccccc12. The molecule has 0 saturated carbocycles. The molecule has 1 heterocycles. The van der Waals surface area contributed by atoms with Gasteiger partial charge in [-0.25, -0.2) is 0 Å². The quantitative estimate of drug-likeness (QED) is 0.780. The molecule has 0 amide bonds. The van der Waals surface area contributed by atoms with Crippen LogP contribution in [0.1, 0.15) is 29.6 Å². The Morgan fingerprint density at radius 2 is 1.68 bits per heavy atom. The third-order valence-corrected chi connectivity index (χ3v) is 3.91. The van der Waals surface area contributed by atoms with Gasteiger partial charge in [0, 0.05) is 5.56 Å². The topological polar surface area (TPSA) is 20.3 Å². The molecule has 0 aromatic heterocycles. The van der Waals surface area contributed by atoms with E-state index in [0.29, 0.717) is 6.54 Å². The summed E-state index contributed by atoms with van der Waals surface area (Å²) >= 11 is 0. The first-order valence-electron chi connectivity index (χ1n) is 7.08. The van der Waals surface area contributed by atoms with E-state index in [9.17, 15) is 4.79 Å². The van der Waals surface area contributed by atoms with Gasteiger partial charge in [0.1, 0.15) is 0 Å². The summed E-state index contributed by atoms with van der Waals surface area (Å²) in [7, 11) is 0. The lowest BCUT2D eigenvalue weighted by atomic mass is 10.0. The van der Waals surface area contributed by atoms with Gasteiger partial charge in [-0.2, -0.15) is 0 Å². The molecule has 0 unspecified atom stereocenters. The minimum Gasteiger partial charge on any atom is -0.296 e. The molecule has 0 radical (unpaired) electrons. The Morgan fingerprint density at radius 1 is 0.947 bits per heavy atom. The van der Waals surface area contributed by atoms with Crippen LogP contribution in [0.15, 0.2) is 42.5 Å². The fraction of sp³-hybridized carbons (Fsp3) is 0.353. The molecule has 1 saturated heterocycles. The molecule has 1 aliphatic rings. The number of Topliss-reactive ketones (excluding diaryl/α,β-unsaturated/α-hetero) is 1. The fourth-order valence-electron chi connectivity index (χ4n) is 2.87. The second-order valence-electron chi connectivity index (χ2n) is 5.29. The van der Waals surface area contributed by atoms with Crippen LogP contribution in [0.3, 0.4) is 0 Å². The van der Waals surface area contributed by atoms with Gasteiger partial charge in [-0.05, 0) is 36.7 Å². The zero-order valence-corrected chi connectivity index (χ0v) is 11.1. The van der Waals surface area contributed by atoms with Crippen molar-refractivity contribution in [3.05, 3.63) is 48.0 Å². The third-order valence-electron chi connectivity index (χ3n) is 3.91. The molecule has 19 heavy (non-hydrogen) atoms. The van der Waals surface area contributed by atoms with Crippen LogP contribution in [0.5, 0.6) is 0 Å². The smallest absolute Gasteiger partial charge is 0.177 e. The Kier molecular flexibility index (Phi) is 3.60. The van der Waals surface area contributed by atoms with Gasteiger partial charge in [-0.15, -0.1) is 0 Å². The standard InChI is InChI=1S/C17H19NO/c19-17(13-18-11-4-1-5-12-18)16-10-6-8-14-7-2-3-9-15(14)16/h2-3,6-10H,1,4-5,11-13H2. The zero-order chi connectivity index (χ0) is 13.1. The Bertz CT molecular complexity index is 579. The van der Waals surface area contributed by atoms with E-state index in [1.807, 2.05) is 30.3 Å². The second kappa shape index (κ2) is 5.54. The third kappa shape index (κ3) is 2.69. The summed E-state index contributed by atoms with van der Waals surface area (Å²) in [6, 6.07) is 14.1. The number of carbonyl (C=O) groups excluding carboxylic acids is 1. The summed E-state index contributed by atoms with van der Waals surface area (Å²) in [5.41, 5.74) is 0.865. The number of piperidine rings is 1. The maximum atomic E-state index is 12.5. The minimum absolute atomic E-state index is 0.249. The first-order chi connectivity index (χ1) is 9.34. The van der Waals surface area contributed by atoms with E-state index in [0.717, 1.165) is 29.4 Å². The molecule has 2 heteroatoms. The highest BCUT2D eigenvalue weighted by Crippen LogP contribution is 2.19. The molecule has 1 aliphatic heterocycles. The van der Waals surface area contributed by atoms with Gasteiger partial charge in [0.25, 0.3) is 0 Å². The molecule has 2 nitrogen and oxygen atoms in total. The van der Waals surface area contributed by atoms with Crippen molar-refractivity contribution in [2.75, 3.05) is 19.6 Å². The van der Waals surface area contributed by atoms with Crippen molar-refractivity contribution in [1.82, 2.24) is 4.90 Å². The average Bonchev–Trinajstić information content (AvgIpc) is 2.47. The van der Waals surface area contributed by atoms with Crippen molar-refractivity contribution in [3.8, 4) is 0 Å². The van der Waals surface area contributed by atoms with Crippen LogP contribution in [0, 0.1) is 0 Å². The highest BCUT2D eigenvalue weighted by molar-refractivity contribution is 6.09. The predicted molar refractivity (Wildman–Crippen MR) is 78.6 cm³/mol. The molecular formula is C17H19NO. The summed E-state index contributed by atoms with van der Waals surface area (Å²) in [6.07, 6.45) is 3.75. The molecule has 3 rings (SSSR count). The first-order valence-corrected chi connectivity index (χ1v) is 7.08. The second-order valence-corrected chi connectivity index (χ2v) is 5.29. The van der Waals surface area contributed by atoms with Crippen LogP contribution >= 0.6 is 0 Å². The maximum Gasteiger partial charge on any atom is 0.177 e. The lowest BCUT2D eigenvalue weighted by molar-refractivity contribution is 0.0917. The molecule has 98 valence electrons. The van der Waals surface area contributed by atoms with E-state index >= 15 is 0 Å². The zero-order valence-electron chi connectivity index (χ0n) is 11.1. The molecule has 0 bridgehead atoms. The number of rotatable bonds is 3. The summed E-state index contributed by atoms with van der Waals surface area (Å²) < 4.78 is 0. The molecule has 0 atom stereocenters. The number of hydrogen-bond donors (Lipinski definition) is 0. The molecule has 0 spiro atoms. The van der Waals surface area contributed by atoms with Crippen LogP contribution in [-0.4, -0.2) is 30.3 Å². The van der Waals surface area contributed by atoms with Crippen molar-refractivity contribution >= 4 is 16.6 Å². The number of hydrogen-bond acceptors (Lipinski definition) is 2. The molecule has 0 N–H and O–H groups in total. The molecule has 0 aliphatic carbocycles. The van der Waals surface area contributed by atoms with Gasteiger partial charge < -0.3 is 0 Å². The number of nitrogens with zero attached hydrogens (tertiary/aromatic N) is 1. The minimum atomic E-state index is 0.249. The van der Waals surface area contributed by atoms with Crippen LogP contribution in [0.2, 0.25) is 0 Å². The van der Waals surface area contributed by atoms with Crippen LogP contribution in [-0.2, 0) is 0 Å². The molecule has 2 aromatic carbocycles. The molecule has 2 aromatic rings. The number of fused-ring (bicyclic) bond motifs is 1. The van der Waals surface area contributed by atoms with Crippen molar-refractivity contribution in [2.24, 2.45) is 0 Å². The van der Waals surface area contributed by atoms with E-state index in [-0.39, 0.29) is 5.78 Å². The number of likely N-dealkylation sites (tertiary alicyclic amines) is 1. The van der Waals surface area contributed by atoms with E-state index in [1.165, 1.54) is 19.3 Å². The van der Waals surface area contributed by atoms with Crippen LogP contribution in [0.25, 0.3) is 10.8 Å². The Balaban J connectivity index is 1.85. The number of benzene rings is 2. The maximum absolute atomic E-state index is 12.5. The Labute approximate surface area is 114 Å². The normalized spacial score (nSPS) is 16.6. The van der Waals surface area contributed by atoms with Gasteiger partial charge in [-0.1, -0.05) is 48.9 Å². The number of ketones is 1. The van der Waals surface area contributed by atoms with E-state index < -0.39 is 0 Å². The van der Waals surface area contributed by atoms with E-state index in [2.05, 4.69) is 17.0 Å². The lowest BCUT2D eigenvalue weighted by Gasteiger charge is -2.25. The molecular weight excluding hydrogens is 234 g/mol.